The number of benzene rings is 1. The van der Waals surface area contributed by atoms with E-state index in [-0.39, 0.29) is 16.5 Å². The van der Waals surface area contributed by atoms with E-state index < -0.39 is 10.0 Å². The van der Waals surface area contributed by atoms with Gasteiger partial charge in [-0.2, -0.15) is 0 Å². The largest absolute Gasteiger partial charge is 0.495 e. The molecule has 0 aliphatic rings. The zero-order valence-corrected chi connectivity index (χ0v) is 17.0. The van der Waals surface area contributed by atoms with Gasteiger partial charge in [0.25, 0.3) is 0 Å². The first-order valence-electron chi connectivity index (χ1n) is 8.56. The van der Waals surface area contributed by atoms with Crippen molar-refractivity contribution in [2.24, 2.45) is 0 Å². The Balaban J connectivity index is 1.49. The number of hydrogen-bond donors (Lipinski definition) is 3. The van der Waals surface area contributed by atoms with Crippen LogP contribution in [0.4, 0.5) is 17.3 Å². The summed E-state index contributed by atoms with van der Waals surface area (Å²) in [6.07, 6.45) is 3.35. The molecule has 0 spiro atoms. The molecule has 0 bridgehead atoms. The predicted octanol–water partition coefficient (Wildman–Crippen LogP) is 2.67. The van der Waals surface area contributed by atoms with Crippen molar-refractivity contribution in [3.63, 3.8) is 0 Å². The van der Waals surface area contributed by atoms with E-state index in [9.17, 15) is 8.42 Å². The molecule has 0 saturated heterocycles. The predicted molar refractivity (Wildman–Crippen MR) is 111 cm³/mol. The van der Waals surface area contributed by atoms with Crippen molar-refractivity contribution >= 4 is 38.9 Å². The third-order valence-electron chi connectivity index (χ3n) is 3.77. The summed E-state index contributed by atoms with van der Waals surface area (Å²) in [6, 6.07) is 11.4. The van der Waals surface area contributed by atoms with Gasteiger partial charge in [-0.1, -0.05) is 11.6 Å². The third kappa shape index (κ3) is 5.76. The summed E-state index contributed by atoms with van der Waals surface area (Å²) in [5.41, 5.74) is 0.850. The molecular formula is C18H19ClN6O3S. The summed E-state index contributed by atoms with van der Waals surface area (Å²) in [6.45, 7) is 0.486. The van der Waals surface area contributed by atoms with Crippen LogP contribution in [0.3, 0.4) is 0 Å². The van der Waals surface area contributed by atoms with E-state index in [1.807, 2.05) is 12.1 Å². The zero-order chi connectivity index (χ0) is 20.7. The molecule has 3 N–H and O–H groups in total. The number of ether oxygens (including phenoxy) is 1. The molecule has 0 amide bonds. The third-order valence-corrected chi connectivity index (χ3v) is 5.53. The van der Waals surface area contributed by atoms with Crippen LogP contribution < -0.4 is 20.1 Å². The highest BCUT2D eigenvalue weighted by molar-refractivity contribution is 7.89. The molecule has 0 atom stereocenters. The number of aromatic nitrogens is 3. The Kier molecular flexibility index (Phi) is 6.81. The monoisotopic (exact) mass is 434 g/mol. The molecule has 29 heavy (non-hydrogen) atoms. The van der Waals surface area contributed by atoms with Crippen LogP contribution in [-0.4, -0.2) is 43.8 Å². The number of halogens is 1. The highest BCUT2D eigenvalue weighted by Gasteiger charge is 2.15. The van der Waals surface area contributed by atoms with E-state index in [4.69, 9.17) is 16.3 Å². The quantitative estimate of drug-likeness (QED) is 0.440. The fraction of sp³-hybridized carbons (Fsp3) is 0.167. The number of rotatable bonds is 9. The van der Waals surface area contributed by atoms with E-state index in [0.717, 1.165) is 5.69 Å². The maximum atomic E-state index is 12.3. The van der Waals surface area contributed by atoms with Gasteiger partial charge in [-0.25, -0.2) is 13.1 Å². The maximum Gasteiger partial charge on any atom is 0.240 e. The number of nitrogens with zero attached hydrogens (tertiary/aromatic N) is 3. The first-order valence-corrected chi connectivity index (χ1v) is 10.4. The molecule has 0 saturated carbocycles. The highest BCUT2D eigenvalue weighted by atomic mass is 35.5. The second-order valence-corrected chi connectivity index (χ2v) is 7.96. The lowest BCUT2D eigenvalue weighted by Gasteiger charge is -2.10. The lowest BCUT2D eigenvalue weighted by atomic mass is 10.3. The summed E-state index contributed by atoms with van der Waals surface area (Å²) in [5.74, 6) is 1.52. The molecule has 0 unspecified atom stereocenters. The van der Waals surface area contributed by atoms with Gasteiger partial charge in [0, 0.05) is 31.2 Å². The normalized spacial score (nSPS) is 11.1. The summed E-state index contributed by atoms with van der Waals surface area (Å²) in [5, 5.41) is 14.4. The van der Waals surface area contributed by atoms with Crippen molar-refractivity contribution in [1.82, 2.24) is 19.9 Å². The lowest BCUT2D eigenvalue weighted by Crippen LogP contribution is -2.29. The van der Waals surface area contributed by atoms with Crippen LogP contribution in [0.2, 0.25) is 5.02 Å². The smallest absolute Gasteiger partial charge is 0.240 e. The average molecular weight is 435 g/mol. The lowest BCUT2D eigenvalue weighted by molar-refractivity contribution is 0.414. The summed E-state index contributed by atoms with van der Waals surface area (Å²) in [4.78, 5) is 4.01. The highest BCUT2D eigenvalue weighted by Crippen LogP contribution is 2.26. The molecule has 3 aromatic rings. The SMILES string of the molecule is COc1ccc(S(=O)(=O)NCCNc2ccc(Nc3ccncc3)nn2)cc1Cl. The minimum atomic E-state index is -3.68. The van der Waals surface area contributed by atoms with Crippen LogP contribution in [0, 0.1) is 0 Å². The van der Waals surface area contributed by atoms with Crippen molar-refractivity contribution in [3.8, 4) is 5.75 Å². The topological polar surface area (TPSA) is 118 Å². The van der Waals surface area contributed by atoms with Crippen LogP contribution in [0.15, 0.2) is 59.8 Å². The van der Waals surface area contributed by atoms with Gasteiger partial charge in [0.2, 0.25) is 10.0 Å². The number of pyridine rings is 1. The molecule has 9 nitrogen and oxygen atoms in total. The summed E-state index contributed by atoms with van der Waals surface area (Å²) >= 11 is 5.99. The Labute approximate surface area is 173 Å². The standard InChI is InChI=1S/C18H19ClN6O3S/c1-28-16-3-2-14(12-15(16)19)29(26,27)22-11-10-21-17-4-5-18(25-24-17)23-13-6-8-20-9-7-13/h2-9,12,22H,10-11H2,1H3,(H,21,24)(H,20,23,25). The molecule has 2 aromatic heterocycles. The fourth-order valence-corrected chi connectivity index (χ4v) is 3.73. The first-order chi connectivity index (χ1) is 14.0. The number of nitrogens with one attached hydrogen (secondary N) is 3. The van der Waals surface area contributed by atoms with Crippen molar-refractivity contribution in [3.05, 3.63) is 59.9 Å². The van der Waals surface area contributed by atoms with E-state index in [2.05, 4.69) is 30.5 Å². The Morgan fingerprint density at radius 2 is 1.72 bits per heavy atom. The summed E-state index contributed by atoms with van der Waals surface area (Å²) < 4.78 is 32.2. The number of anilines is 3. The molecule has 152 valence electrons. The van der Waals surface area contributed by atoms with E-state index >= 15 is 0 Å². The Morgan fingerprint density at radius 1 is 1.00 bits per heavy atom. The van der Waals surface area contributed by atoms with Crippen LogP contribution in [0.1, 0.15) is 0 Å². The summed E-state index contributed by atoms with van der Waals surface area (Å²) in [7, 11) is -2.22. The van der Waals surface area contributed by atoms with Gasteiger partial charge < -0.3 is 15.4 Å². The van der Waals surface area contributed by atoms with Crippen LogP contribution in [0.25, 0.3) is 0 Å². The minimum absolute atomic E-state index is 0.0645. The zero-order valence-electron chi connectivity index (χ0n) is 15.5. The van der Waals surface area contributed by atoms with Crippen molar-refractivity contribution in [2.75, 3.05) is 30.8 Å². The molecular weight excluding hydrogens is 416 g/mol. The van der Waals surface area contributed by atoms with Crippen molar-refractivity contribution in [1.29, 1.82) is 0 Å². The fourth-order valence-electron chi connectivity index (χ4n) is 2.35. The molecule has 0 aliphatic carbocycles. The molecule has 0 fully saturated rings. The molecule has 1 aromatic carbocycles. The van der Waals surface area contributed by atoms with Gasteiger partial charge in [-0.3, -0.25) is 4.98 Å². The Hall–Kier alpha value is -2.95. The van der Waals surface area contributed by atoms with Crippen molar-refractivity contribution in [2.45, 2.75) is 4.90 Å². The van der Waals surface area contributed by atoms with Gasteiger partial charge in [-0.15, -0.1) is 10.2 Å². The number of hydrogen-bond acceptors (Lipinski definition) is 8. The van der Waals surface area contributed by atoms with Gasteiger partial charge in [0.1, 0.15) is 11.6 Å². The second kappa shape index (κ2) is 9.50. The Morgan fingerprint density at radius 3 is 2.38 bits per heavy atom. The maximum absolute atomic E-state index is 12.3. The van der Waals surface area contributed by atoms with Crippen LogP contribution in [0.5, 0.6) is 5.75 Å². The second-order valence-electron chi connectivity index (χ2n) is 5.79. The first kappa shape index (κ1) is 20.8. The van der Waals surface area contributed by atoms with Crippen LogP contribution >= 0.6 is 11.6 Å². The average Bonchev–Trinajstić information content (AvgIpc) is 2.73. The van der Waals surface area contributed by atoms with Gasteiger partial charge in [0.05, 0.1) is 17.0 Å². The molecule has 0 aliphatic heterocycles. The van der Waals surface area contributed by atoms with Crippen molar-refractivity contribution < 1.29 is 13.2 Å². The molecule has 11 heteroatoms. The number of methoxy groups -OCH3 is 1. The van der Waals surface area contributed by atoms with E-state index in [0.29, 0.717) is 23.9 Å². The molecule has 2 heterocycles. The molecule has 0 radical (unpaired) electrons. The van der Waals surface area contributed by atoms with E-state index in [1.165, 1.54) is 25.3 Å². The van der Waals surface area contributed by atoms with Gasteiger partial charge in [0.15, 0.2) is 5.82 Å². The van der Waals surface area contributed by atoms with Crippen LogP contribution in [-0.2, 0) is 10.0 Å². The van der Waals surface area contributed by atoms with Gasteiger partial charge in [-0.05, 0) is 42.5 Å². The molecule has 3 rings (SSSR count). The van der Waals surface area contributed by atoms with Gasteiger partial charge >= 0.3 is 0 Å². The van der Waals surface area contributed by atoms with E-state index in [1.54, 1.807) is 24.5 Å². The minimum Gasteiger partial charge on any atom is -0.495 e. The Bertz CT molecular complexity index is 1050. The number of sulfonamides is 1.